The van der Waals surface area contributed by atoms with Gasteiger partial charge in [0.1, 0.15) is 4.83 Å². The van der Waals surface area contributed by atoms with Crippen molar-refractivity contribution in [2.45, 2.75) is 25.8 Å². The topological polar surface area (TPSA) is 130 Å². The van der Waals surface area contributed by atoms with E-state index in [0.717, 1.165) is 34.7 Å². The Morgan fingerprint density at radius 2 is 2.06 bits per heavy atom. The number of carbonyl (C=O) groups is 2. The van der Waals surface area contributed by atoms with Crippen molar-refractivity contribution in [3.05, 3.63) is 53.9 Å². The minimum absolute atomic E-state index is 0.106. The highest BCUT2D eigenvalue weighted by Gasteiger charge is 2.24. The molecule has 2 amide bonds. The Morgan fingerprint density at radius 1 is 1.19 bits per heavy atom. The summed E-state index contributed by atoms with van der Waals surface area (Å²) in [7, 11) is 1.85. The number of aliphatic hydroxyl groups is 1. The molecule has 12 heteroatoms. The second-order valence-corrected chi connectivity index (χ2v) is 9.91. The van der Waals surface area contributed by atoms with Crippen molar-refractivity contribution in [2.75, 3.05) is 31.6 Å². The number of aliphatic hydroxyl groups excluding tert-OH is 1. The van der Waals surface area contributed by atoms with Crippen LogP contribution in [0.3, 0.4) is 0 Å². The second kappa shape index (κ2) is 10.2. The van der Waals surface area contributed by atoms with Gasteiger partial charge < -0.3 is 15.7 Å². The smallest absolute Gasteiger partial charge is 0.260 e. The van der Waals surface area contributed by atoms with Crippen LogP contribution in [-0.4, -0.2) is 78.5 Å². The van der Waals surface area contributed by atoms with Crippen molar-refractivity contribution in [3.8, 4) is 10.4 Å². The summed E-state index contributed by atoms with van der Waals surface area (Å²) < 4.78 is 3.41. The average Bonchev–Trinajstić information content (AvgIpc) is 3.63. The Bertz CT molecular complexity index is 1410. The van der Waals surface area contributed by atoms with Gasteiger partial charge in [0.25, 0.3) is 11.8 Å². The molecule has 1 atom stereocenters. The summed E-state index contributed by atoms with van der Waals surface area (Å²) >= 11 is 1.46. The van der Waals surface area contributed by atoms with E-state index >= 15 is 0 Å². The largest absolute Gasteiger partial charge is 0.395 e. The van der Waals surface area contributed by atoms with Crippen molar-refractivity contribution in [1.82, 2.24) is 34.6 Å². The summed E-state index contributed by atoms with van der Waals surface area (Å²) in [4.78, 5) is 34.1. The molecule has 4 aromatic heterocycles. The van der Waals surface area contributed by atoms with Gasteiger partial charge in [-0.2, -0.15) is 10.2 Å². The fraction of sp³-hybridized carbons (Fsp3) is 0.375. The fourth-order valence-electron chi connectivity index (χ4n) is 4.46. The Labute approximate surface area is 211 Å². The Hall–Kier alpha value is -3.61. The van der Waals surface area contributed by atoms with Crippen LogP contribution in [0.4, 0.5) is 5.69 Å². The lowest BCUT2D eigenvalue weighted by Gasteiger charge is -2.23. The molecular formula is C24H28N8O3S. The molecule has 1 fully saturated rings. The van der Waals surface area contributed by atoms with Gasteiger partial charge in [-0.15, -0.1) is 11.3 Å². The zero-order chi connectivity index (χ0) is 25.2. The van der Waals surface area contributed by atoms with E-state index in [2.05, 4.69) is 30.7 Å². The molecule has 188 valence electrons. The SMILES string of the molecule is Cc1ncc(C(=O)NCC2CCCN2CCO)cc1NC(=O)c1cnn2cc(-c3cnn(C)c3)sc12. The number of pyridine rings is 1. The Kier molecular flexibility index (Phi) is 6.81. The zero-order valence-corrected chi connectivity index (χ0v) is 21.0. The number of rotatable bonds is 8. The highest BCUT2D eigenvalue weighted by molar-refractivity contribution is 7.21. The van der Waals surface area contributed by atoms with E-state index in [-0.39, 0.29) is 24.5 Å². The number of likely N-dealkylation sites (tertiary alicyclic amines) is 1. The number of thiazole rings is 1. The third kappa shape index (κ3) is 4.87. The molecule has 0 aliphatic carbocycles. The van der Waals surface area contributed by atoms with Gasteiger partial charge in [0.05, 0.1) is 46.4 Å². The monoisotopic (exact) mass is 508 g/mol. The van der Waals surface area contributed by atoms with Gasteiger partial charge in [-0.05, 0) is 32.4 Å². The highest BCUT2D eigenvalue weighted by atomic mass is 32.1. The maximum atomic E-state index is 13.1. The molecule has 0 radical (unpaired) electrons. The normalized spacial score (nSPS) is 16.0. The number of aromatic nitrogens is 5. The number of β-amino-alcohol motifs (C(OH)–C–C–N with tert-alkyl or cyclic N) is 1. The summed E-state index contributed by atoms with van der Waals surface area (Å²) in [6.45, 7) is 3.93. The number of nitrogens with one attached hydrogen (secondary N) is 2. The molecule has 0 saturated carbocycles. The molecule has 36 heavy (non-hydrogen) atoms. The van der Waals surface area contributed by atoms with E-state index in [4.69, 9.17) is 0 Å². The Morgan fingerprint density at radius 3 is 2.83 bits per heavy atom. The van der Waals surface area contributed by atoms with Gasteiger partial charge in [0.15, 0.2) is 0 Å². The van der Waals surface area contributed by atoms with Crippen LogP contribution in [0.25, 0.3) is 15.3 Å². The number of anilines is 1. The predicted molar refractivity (Wildman–Crippen MR) is 136 cm³/mol. The summed E-state index contributed by atoms with van der Waals surface area (Å²) in [5, 5.41) is 23.6. The molecule has 5 rings (SSSR count). The molecule has 0 bridgehead atoms. The lowest BCUT2D eigenvalue weighted by molar-refractivity contribution is 0.0936. The summed E-state index contributed by atoms with van der Waals surface area (Å²) in [6, 6.07) is 1.86. The minimum atomic E-state index is -0.322. The van der Waals surface area contributed by atoms with Gasteiger partial charge in [-0.25, -0.2) is 4.52 Å². The maximum absolute atomic E-state index is 13.1. The number of carbonyl (C=O) groups excluding carboxylic acids is 2. The van der Waals surface area contributed by atoms with E-state index in [1.165, 1.54) is 23.7 Å². The fourth-order valence-corrected chi connectivity index (χ4v) is 5.49. The van der Waals surface area contributed by atoms with E-state index in [1.807, 2.05) is 19.4 Å². The first-order chi connectivity index (χ1) is 17.4. The van der Waals surface area contributed by atoms with Gasteiger partial charge in [-0.1, -0.05) is 0 Å². The summed E-state index contributed by atoms with van der Waals surface area (Å²) in [5.41, 5.74) is 2.84. The van der Waals surface area contributed by atoms with Crippen LogP contribution in [0.2, 0.25) is 0 Å². The van der Waals surface area contributed by atoms with Crippen LogP contribution < -0.4 is 10.6 Å². The third-order valence-corrected chi connectivity index (χ3v) is 7.57. The standard InChI is InChI=1S/C24H28N8O3S/c1-15-20(8-16(9-25-15)22(34)26-11-18-4-3-5-31(18)6-7-33)29-23(35)19-12-28-32-14-21(36-24(19)32)17-10-27-30(2)13-17/h8-10,12-14,18,33H,3-7,11H2,1-2H3,(H,26,34)(H,29,35). The van der Waals surface area contributed by atoms with E-state index in [9.17, 15) is 14.7 Å². The number of fused-ring (bicyclic) bond motifs is 1. The van der Waals surface area contributed by atoms with Crippen LogP contribution in [-0.2, 0) is 7.05 Å². The molecule has 0 aromatic carbocycles. The zero-order valence-electron chi connectivity index (χ0n) is 20.1. The minimum Gasteiger partial charge on any atom is -0.395 e. The lowest BCUT2D eigenvalue weighted by atomic mass is 10.2. The highest BCUT2D eigenvalue weighted by Crippen LogP contribution is 2.30. The molecule has 11 nitrogen and oxygen atoms in total. The van der Waals surface area contributed by atoms with Crippen molar-refractivity contribution in [3.63, 3.8) is 0 Å². The maximum Gasteiger partial charge on any atom is 0.260 e. The first-order valence-corrected chi connectivity index (χ1v) is 12.6. The van der Waals surface area contributed by atoms with Gasteiger partial charge in [0.2, 0.25) is 0 Å². The quantitative estimate of drug-likeness (QED) is 0.332. The number of nitrogens with zero attached hydrogens (tertiary/aromatic N) is 6. The van der Waals surface area contributed by atoms with E-state index in [0.29, 0.717) is 35.6 Å². The average molecular weight is 509 g/mol. The lowest BCUT2D eigenvalue weighted by Crippen LogP contribution is -2.41. The first kappa shape index (κ1) is 24.1. The third-order valence-electron chi connectivity index (χ3n) is 6.41. The number of hydrogen-bond donors (Lipinski definition) is 3. The van der Waals surface area contributed by atoms with Gasteiger partial charge >= 0.3 is 0 Å². The summed E-state index contributed by atoms with van der Waals surface area (Å²) in [6.07, 6.45) is 10.6. The molecular weight excluding hydrogens is 480 g/mol. The molecule has 0 spiro atoms. The van der Waals surface area contributed by atoms with Crippen molar-refractivity contribution in [1.29, 1.82) is 0 Å². The van der Waals surface area contributed by atoms with Crippen LogP contribution >= 0.6 is 11.3 Å². The molecule has 1 aliphatic heterocycles. The molecule has 4 aromatic rings. The van der Waals surface area contributed by atoms with E-state index < -0.39 is 0 Å². The predicted octanol–water partition coefficient (Wildman–Crippen LogP) is 1.94. The first-order valence-electron chi connectivity index (χ1n) is 11.8. The molecule has 5 heterocycles. The van der Waals surface area contributed by atoms with E-state index in [1.54, 1.807) is 28.4 Å². The van der Waals surface area contributed by atoms with Crippen molar-refractivity contribution < 1.29 is 14.7 Å². The summed E-state index contributed by atoms with van der Waals surface area (Å²) in [5.74, 6) is -0.571. The molecule has 1 unspecified atom stereocenters. The van der Waals surface area contributed by atoms with Crippen LogP contribution in [0.15, 0.2) is 37.1 Å². The Balaban J connectivity index is 1.29. The van der Waals surface area contributed by atoms with Gasteiger partial charge in [0, 0.05) is 50.3 Å². The number of amides is 2. The number of hydrogen-bond acceptors (Lipinski definition) is 8. The molecule has 1 saturated heterocycles. The van der Waals surface area contributed by atoms with Crippen LogP contribution in [0.5, 0.6) is 0 Å². The van der Waals surface area contributed by atoms with Crippen LogP contribution in [0.1, 0.15) is 39.3 Å². The molecule has 3 N–H and O–H groups in total. The number of aryl methyl sites for hydroxylation is 2. The van der Waals surface area contributed by atoms with Crippen molar-refractivity contribution >= 4 is 33.7 Å². The molecule has 1 aliphatic rings. The van der Waals surface area contributed by atoms with Crippen molar-refractivity contribution in [2.24, 2.45) is 7.05 Å². The van der Waals surface area contributed by atoms with Gasteiger partial charge in [-0.3, -0.25) is 24.2 Å². The second-order valence-electron chi connectivity index (χ2n) is 8.88. The van der Waals surface area contributed by atoms with Crippen LogP contribution in [0, 0.1) is 6.92 Å².